The summed E-state index contributed by atoms with van der Waals surface area (Å²) in [5.74, 6) is 4.79. The summed E-state index contributed by atoms with van der Waals surface area (Å²) in [6.45, 7) is 15.7. The Morgan fingerprint density at radius 2 is 1.03 bits per heavy atom. The minimum atomic E-state index is -5.30. The Labute approximate surface area is 363 Å². The maximum absolute atomic E-state index is 12.7. The van der Waals surface area contributed by atoms with E-state index in [2.05, 4.69) is 32.1 Å². The van der Waals surface area contributed by atoms with Crippen molar-refractivity contribution >= 4 is 32.0 Å². The third-order valence-electron chi connectivity index (χ3n) is 15.3. The Kier molecular flexibility index (Phi) is 14.0. The van der Waals surface area contributed by atoms with E-state index in [1.807, 2.05) is 52.3 Å². The second-order valence-electron chi connectivity index (χ2n) is 21.6. The highest BCUT2D eigenvalue weighted by Gasteiger charge is 2.62. The quantitative estimate of drug-likeness (QED) is 0.133. The van der Waals surface area contributed by atoms with E-state index < -0.39 is 36.7 Å². The molecule has 0 spiro atoms. The van der Waals surface area contributed by atoms with Crippen molar-refractivity contribution in [3.63, 3.8) is 0 Å². The molecule has 8 rings (SSSR count). The van der Waals surface area contributed by atoms with Crippen LogP contribution in [-0.4, -0.2) is 64.1 Å². The van der Waals surface area contributed by atoms with E-state index in [-0.39, 0.29) is 66.1 Å². The molecule has 6 fully saturated rings. The first-order valence-corrected chi connectivity index (χ1v) is 25.3. The maximum Gasteiger partial charge on any atom is 0.511 e. The zero-order valence-electron chi connectivity index (χ0n) is 37.0. The highest BCUT2D eigenvalue weighted by atomic mass is 32.2. The molecule has 0 saturated heterocycles. The van der Waals surface area contributed by atoms with Crippen LogP contribution in [-0.2, 0) is 39.1 Å². The number of hydrogen-bond acceptors (Lipinski definition) is 8. The zero-order chi connectivity index (χ0) is 46.1. The Hall–Kier alpha value is -2.18. The second kappa shape index (κ2) is 17.6. The highest BCUT2D eigenvalue weighted by Crippen LogP contribution is 2.66. The van der Waals surface area contributed by atoms with Crippen LogP contribution in [0.4, 0.5) is 26.3 Å². The van der Waals surface area contributed by atoms with Crippen molar-refractivity contribution in [1.29, 1.82) is 0 Å². The minimum absolute atomic E-state index is 0.00523. The van der Waals surface area contributed by atoms with Gasteiger partial charge in [-0.2, -0.15) is 26.3 Å². The Balaban J connectivity index is 0.000000177. The number of nitrogens with one attached hydrogen (secondary N) is 2. The van der Waals surface area contributed by atoms with Crippen LogP contribution in [0.1, 0.15) is 107 Å². The van der Waals surface area contributed by atoms with E-state index >= 15 is 0 Å². The van der Waals surface area contributed by atoms with Crippen LogP contribution in [0.5, 0.6) is 0 Å². The summed E-state index contributed by atoms with van der Waals surface area (Å²) in [5.41, 5.74) is -11.3. The number of allylic oxidation sites excluding steroid dienone is 4. The SMILES string of the molecule is CC(C)(C)OC(=O)C1CC2C=CC1C2.CC1C2CC(CC2C(=O)OC(C)(C)C)C1C1C(C)C2CC(CNS(=O)(=O)C(F)(F)F)C1C2.O=S(=O)(NCC1CC2C=CC1C2)C(F)(F)F. The summed E-state index contributed by atoms with van der Waals surface area (Å²) >= 11 is 0. The van der Waals surface area contributed by atoms with Gasteiger partial charge in [-0.05, 0) is 176 Å². The lowest BCUT2D eigenvalue weighted by molar-refractivity contribution is -0.164. The first-order valence-electron chi connectivity index (χ1n) is 22.3. The van der Waals surface area contributed by atoms with Gasteiger partial charge in [-0.25, -0.2) is 26.3 Å². The number of sulfonamides is 2. The normalized spacial score (nSPS) is 39.1. The number of halogens is 6. The van der Waals surface area contributed by atoms with Crippen LogP contribution in [0.15, 0.2) is 24.3 Å². The van der Waals surface area contributed by atoms with Crippen molar-refractivity contribution in [2.24, 2.45) is 94.7 Å². The fourth-order valence-electron chi connectivity index (χ4n) is 12.9. The van der Waals surface area contributed by atoms with Gasteiger partial charge >= 0.3 is 43.0 Å². The number of hydrogen-bond donors (Lipinski definition) is 2. The first kappa shape index (κ1) is 49.3. The first-order chi connectivity index (χ1) is 28.4. The molecule has 10 nitrogen and oxygen atoms in total. The number of esters is 2. The molecule has 0 aliphatic heterocycles. The summed E-state index contributed by atoms with van der Waals surface area (Å²) in [6.07, 6.45) is 15.9. The molecule has 16 atom stereocenters. The van der Waals surface area contributed by atoms with Gasteiger partial charge in [0.2, 0.25) is 0 Å². The summed E-state index contributed by atoms with van der Waals surface area (Å²) in [5, 5.41) is 0. The van der Waals surface area contributed by atoms with Gasteiger partial charge in [0.15, 0.2) is 0 Å². The van der Waals surface area contributed by atoms with Gasteiger partial charge in [-0.1, -0.05) is 38.2 Å². The molecule has 0 aromatic rings. The van der Waals surface area contributed by atoms with Crippen LogP contribution in [0, 0.1) is 94.7 Å². The number of carbonyl (C=O) groups excluding carboxylic acids is 2. The van der Waals surface area contributed by atoms with Crippen LogP contribution in [0.3, 0.4) is 0 Å². The number of rotatable bonds is 9. The van der Waals surface area contributed by atoms with E-state index in [0.29, 0.717) is 59.2 Å². The van der Waals surface area contributed by atoms with E-state index in [1.165, 1.54) is 0 Å². The number of alkyl halides is 6. The average molecular weight is 929 g/mol. The lowest BCUT2D eigenvalue weighted by Gasteiger charge is -2.44. The highest BCUT2D eigenvalue weighted by molar-refractivity contribution is 7.90. The largest absolute Gasteiger partial charge is 0.511 e. The molecule has 8 aliphatic rings. The summed E-state index contributed by atoms with van der Waals surface area (Å²) in [4.78, 5) is 24.5. The van der Waals surface area contributed by atoms with Crippen LogP contribution >= 0.6 is 0 Å². The van der Waals surface area contributed by atoms with E-state index in [4.69, 9.17) is 9.47 Å². The Morgan fingerprint density at radius 3 is 1.45 bits per heavy atom. The molecule has 16 unspecified atom stereocenters. The van der Waals surface area contributed by atoms with Crippen molar-refractivity contribution < 1.29 is 62.2 Å². The Morgan fingerprint density at radius 1 is 0.548 bits per heavy atom. The molecule has 2 N–H and O–H groups in total. The minimum Gasteiger partial charge on any atom is -0.460 e. The summed E-state index contributed by atoms with van der Waals surface area (Å²) < 4.78 is 133. The molecule has 0 radical (unpaired) electrons. The molecular weight excluding hydrogens is 863 g/mol. The lowest BCUT2D eigenvalue weighted by atomic mass is 9.61. The molecule has 6 saturated carbocycles. The van der Waals surface area contributed by atoms with Gasteiger partial charge in [0.05, 0.1) is 11.8 Å². The second-order valence-corrected chi connectivity index (χ2v) is 25.1. The van der Waals surface area contributed by atoms with Crippen molar-refractivity contribution in [3.8, 4) is 0 Å². The van der Waals surface area contributed by atoms with E-state index in [0.717, 1.165) is 51.4 Å². The maximum atomic E-state index is 12.7. The Bertz CT molecular complexity index is 1940. The van der Waals surface area contributed by atoms with Crippen molar-refractivity contribution in [2.45, 2.75) is 129 Å². The number of fused-ring (bicyclic) bond motifs is 8. The van der Waals surface area contributed by atoms with Crippen molar-refractivity contribution in [1.82, 2.24) is 9.44 Å². The topological polar surface area (TPSA) is 145 Å². The third kappa shape index (κ3) is 10.7. The smallest absolute Gasteiger partial charge is 0.460 e. The molecule has 62 heavy (non-hydrogen) atoms. The van der Waals surface area contributed by atoms with E-state index in [9.17, 15) is 52.8 Å². The molecule has 354 valence electrons. The van der Waals surface area contributed by atoms with Gasteiger partial charge in [-0.15, -0.1) is 0 Å². The van der Waals surface area contributed by atoms with Crippen LogP contribution < -0.4 is 9.44 Å². The van der Waals surface area contributed by atoms with Gasteiger partial charge in [0.25, 0.3) is 0 Å². The molecule has 18 heteroatoms. The molecule has 0 aromatic heterocycles. The van der Waals surface area contributed by atoms with Gasteiger partial charge in [-0.3, -0.25) is 9.59 Å². The molecule has 0 heterocycles. The molecule has 0 aromatic carbocycles. The van der Waals surface area contributed by atoms with Gasteiger partial charge in [0.1, 0.15) is 11.2 Å². The number of carbonyl (C=O) groups is 2. The molecule has 8 aliphatic carbocycles. The third-order valence-corrected chi connectivity index (χ3v) is 17.7. The van der Waals surface area contributed by atoms with Crippen LogP contribution in [0.2, 0.25) is 0 Å². The zero-order valence-corrected chi connectivity index (χ0v) is 38.6. The average Bonchev–Trinajstić information content (AvgIpc) is 4.00. The summed E-state index contributed by atoms with van der Waals surface area (Å²) in [7, 11) is -10.5. The molecule has 8 bridgehead atoms. The van der Waals surface area contributed by atoms with Crippen molar-refractivity contribution in [2.75, 3.05) is 13.1 Å². The number of ether oxygens (including phenoxy) is 2. The summed E-state index contributed by atoms with van der Waals surface area (Å²) in [6, 6.07) is 0. The predicted molar refractivity (Wildman–Crippen MR) is 220 cm³/mol. The fourth-order valence-corrected chi connectivity index (χ4v) is 14.1. The van der Waals surface area contributed by atoms with Crippen molar-refractivity contribution in [3.05, 3.63) is 24.3 Å². The van der Waals surface area contributed by atoms with Crippen LogP contribution in [0.25, 0.3) is 0 Å². The lowest BCUT2D eigenvalue weighted by Crippen LogP contribution is -2.45. The van der Waals surface area contributed by atoms with E-state index in [1.54, 1.807) is 4.72 Å². The molecule has 0 amide bonds. The monoisotopic (exact) mass is 928 g/mol. The van der Waals surface area contributed by atoms with Gasteiger partial charge < -0.3 is 9.47 Å². The standard InChI is InChI=1S/C23H36F3NO4S.C12H18O2.C9H12F3NO2S/c1-11-13-6-15(10-27-32(29,30)23(24,25)26)17(7-13)20(11)19-12(2)16-8-14(19)9-18(16)21(28)31-22(3,4)5;1-12(2,3)14-11(13)10-7-8-4-5-9(10)6-8;10-9(11,12)16(14,15)13-5-8-4-6-1-2-7(8)3-6/h11-20,27H,6-10H2,1-5H3;4-5,8-10H,6-7H2,1-3H3;1-2,6-8,13H,3-5H2. The van der Waals surface area contributed by atoms with Gasteiger partial charge in [0, 0.05) is 13.1 Å². The molecular formula is C44H66F6N2O8S2. The predicted octanol–water partition coefficient (Wildman–Crippen LogP) is 8.76. The fraction of sp³-hybridized carbons (Fsp3) is 0.864.